The van der Waals surface area contributed by atoms with Gasteiger partial charge in [-0.2, -0.15) is 0 Å². The summed E-state index contributed by atoms with van der Waals surface area (Å²) in [5.41, 5.74) is 6.33. The number of aromatic amines is 1. The van der Waals surface area contributed by atoms with E-state index in [1.54, 1.807) is 7.11 Å². The smallest absolute Gasteiger partial charge is 0.220 e. The minimum atomic E-state index is 0.00742. The maximum Gasteiger partial charge on any atom is 0.220 e. The fourth-order valence-electron chi connectivity index (χ4n) is 4.32. The first-order valence-electron chi connectivity index (χ1n) is 11.0. The van der Waals surface area contributed by atoms with Crippen LogP contribution in [0.15, 0.2) is 72.8 Å². The monoisotopic (exact) mass is 438 g/mol. The Balaban J connectivity index is 1.33. The van der Waals surface area contributed by atoms with Crippen molar-refractivity contribution >= 4 is 27.8 Å². The second-order valence-corrected chi connectivity index (χ2v) is 8.11. The predicted molar refractivity (Wildman–Crippen MR) is 131 cm³/mol. The van der Waals surface area contributed by atoms with E-state index in [0.717, 1.165) is 50.3 Å². The molecular weight excluding hydrogens is 412 g/mol. The van der Waals surface area contributed by atoms with Gasteiger partial charge < -0.3 is 19.6 Å². The van der Waals surface area contributed by atoms with Gasteiger partial charge in [-0.05, 0) is 60.0 Å². The predicted octanol–water partition coefficient (Wildman–Crippen LogP) is 4.98. The van der Waals surface area contributed by atoms with Gasteiger partial charge in [0, 0.05) is 30.1 Å². The minimum Gasteiger partial charge on any atom is -0.497 e. The topological polar surface area (TPSA) is 71.9 Å². The van der Waals surface area contributed by atoms with Gasteiger partial charge in [0.15, 0.2) is 0 Å². The molecule has 0 aliphatic carbocycles. The van der Waals surface area contributed by atoms with Crippen LogP contribution in [0.3, 0.4) is 0 Å². The van der Waals surface area contributed by atoms with E-state index in [9.17, 15) is 4.79 Å². The number of aromatic nitrogens is 3. The third-order valence-corrected chi connectivity index (χ3v) is 6.12. The van der Waals surface area contributed by atoms with Crippen molar-refractivity contribution < 1.29 is 9.53 Å². The minimum absolute atomic E-state index is 0.00742. The molecule has 0 bridgehead atoms. The highest BCUT2D eigenvalue weighted by atomic mass is 16.5. The number of imidazole rings is 1. The van der Waals surface area contributed by atoms with E-state index in [2.05, 4.69) is 27.4 Å². The van der Waals surface area contributed by atoms with Gasteiger partial charge in [-0.15, -0.1) is 0 Å². The molecule has 0 radical (unpaired) electrons. The summed E-state index contributed by atoms with van der Waals surface area (Å²) in [6.45, 7) is 0.406. The van der Waals surface area contributed by atoms with Crippen LogP contribution in [0.1, 0.15) is 17.8 Å². The summed E-state index contributed by atoms with van der Waals surface area (Å²) < 4.78 is 7.32. The summed E-state index contributed by atoms with van der Waals surface area (Å²) in [6, 6.07) is 24.2. The lowest BCUT2D eigenvalue weighted by molar-refractivity contribution is -0.121. The van der Waals surface area contributed by atoms with Crippen LogP contribution in [0.4, 0.5) is 0 Å². The molecule has 0 aliphatic heterocycles. The molecule has 3 aromatic carbocycles. The van der Waals surface area contributed by atoms with Crippen molar-refractivity contribution in [1.29, 1.82) is 0 Å². The van der Waals surface area contributed by atoms with E-state index in [-0.39, 0.29) is 5.91 Å². The maximum atomic E-state index is 12.7. The van der Waals surface area contributed by atoms with Crippen molar-refractivity contribution in [3.8, 4) is 17.0 Å². The number of fused-ring (bicyclic) bond motifs is 2. The molecule has 6 heteroatoms. The SMILES string of the molecule is COc1ccc(-c2[nH]c3ccccc3c2CCC(=O)NCc2nc3ccccc3n2C)cc1. The van der Waals surface area contributed by atoms with Gasteiger partial charge >= 0.3 is 0 Å². The fraction of sp³-hybridized carbons (Fsp3) is 0.185. The van der Waals surface area contributed by atoms with Crippen molar-refractivity contribution in [3.63, 3.8) is 0 Å². The molecular formula is C27H26N4O2. The number of nitrogens with zero attached hydrogens (tertiary/aromatic N) is 2. The second-order valence-electron chi connectivity index (χ2n) is 8.11. The Kier molecular flexibility index (Phi) is 5.57. The largest absolute Gasteiger partial charge is 0.497 e. The van der Waals surface area contributed by atoms with Crippen LogP contribution < -0.4 is 10.1 Å². The zero-order chi connectivity index (χ0) is 22.8. The van der Waals surface area contributed by atoms with E-state index in [1.165, 1.54) is 0 Å². The van der Waals surface area contributed by atoms with Crippen LogP contribution in [0.5, 0.6) is 5.75 Å². The molecule has 6 nitrogen and oxygen atoms in total. The van der Waals surface area contributed by atoms with Gasteiger partial charge in [0.05, 0.1) is 24.7 Å². The quantitative estimate of drug-likeness (QED) is 0.376. The Morgan fingerprint density at radius 3 is 2.58 bits per heavy atom. The van der Waals surface area contributed by atoms with Crippen LogP contribution in [-0.4, -0.2) is 27.6 Å². The third kappa shape index (κ3) is 4.07. The lowest BCUT2D eigenvalue weighted by atomic mass is 10.0. The summed E-state index contributed by atoms with van der Waals surface area (Å²) in [6.07, 6.45) is 1.04. The van der Waals surface area contributed by atoms with E-state index >= 15 is 0 Å². The van der Waals surface area contributed by atoms with Gasteiger partial charge in [0.25, 0.3) is 0 Å². The van der Waals surface area contributed by atoms with Gasteiger partial charge in [-0.25, -0.2) is 4.98 Å². The molecule has 33 heavy (non-hydrogen) atoms. The molecule has 166 valence electrons. The summed E-state index contributed by atoms with van der Waals surface area (Å²) in [5, 5.41) is 4.18. The average Bonchev–Trinajstić information content (AvgIpc) is 3.39. The van der Waals surface area contributed by atoms with Crippen LogP contribution in [0, 0.1) is 0 Å². The lowest BCUT2D eigenvalue weighted by Gasteiger charge is -2.08. The van der Waals surface area contributed by atoms with Crippen molar-refractivity contribution in [2.24, 2.45) is 7.05 Å². The first-order chi connectivity index (χ1) is 16.1. The molecule has 0 atom stereocenters. The number of amides is 1. The number of nitrogens with one attached hydrogen (secondary N) is 2. The van der Waals surface area contributed by atoms with Crippen molar-refractivity contribution in [3.05, 3.63) is 84.2 Å². The van der Waals surface area contributed by atoms with Gasteiger partial charge in [-0.1, -0.05) is 30.3 Å². The molecule has 2 aromatic heterocycles. The number of ether oxygens (including phenoxy) is 1. The van der Waals surface area contributed by atoms with Crippen LogP contribution in [-0.2, 0) is 24.8 Å². The van der Waals surface area contributed by atoms with Crippen molar-refractivity contribution in [2.45, 2.75) is 19.4 Å². The molecule has 0 unspecified atom stereocenters. The summed E-state index contributed by atoms with van der Waals surface area (Å²) >= 11 is 0. The highest BCUT2D eigenvalue weighted by Crippen LogP contribution is 2.32. The first kappa shape index (κ1) is 20.8. The number of para-hydroxylation sites is 3. The highest BCUT2D eigenvalue weighted by molar-refractivity contribution is 5.91. The number of carbonyl (C=O) groups is 1. The molecule has 2 heterocycles. The molecule has 0 spiro atoms. The number of hydrogen-bond donors (Lipinski definition) is 2. The van der Waals surface area contributed by atoms with Crippen molar-refractivity contribution in [1.82, 2.24) is 19.9 Å². The van der Waals surface area contributed by atoms with E-state index in [1.807, 2.05) is 72.3 Å². The standard InChI is InChI=1S/C27H26N4O2/c1-31-24-10-6-5-9-23(24)29-25(31)17-28-26(32)16-15-21-20-7-3-4-8-22(20)30-27(21)18-11-13-19(33-2)14-12-18/h3-14,30H,15-17H2,1-2H3,(H,28,32). The van der Waals surface area contributed by atoms with Crippen LogP contribution in [0.2, 0.25) is 0 Å². The first-order valence-corrected chi connectivity index (χ1v) is 11.0. The highest BCUT2D eigenvalue weighted by Gasteiger charge is 2.15. The van der Waals surface area contributed by atoms with Crippen LogP contribution in [0.25, 0.3) is 33.2 Å². The number of carbonyl (C=O) groups excluding carboxylic acids is 1. The van der Waals surface area contributed by atoms with Crippen molar-refractivity contribution in [2.75, 3.05) is 7.11 Å². The number of rotatable bonds is 7. The molecule has 0 saturated carbocycles. The van der Waals surface area contributed by atoms with Gasteiger partial charge in [0.2, 0.25) is 5.91 Å². The Bertz CT molecular complexity index is 1430. The molecule has 5 rings (SSSR count). The summed E-state index contributed by atoms with van der Waals surface area (Å²) in [4.78, 5) is 20.9. The zero-order valence-corrected chi connectivity index (χ0v) is 18.8. The van der Waals surface area contributed by atoms with E-state index in [4.69, 9.17) is 4.74 Å². The maximum absolute atomic E-state index is 12.7. The Hall–Kier alpha value is -4.06. The number of benzene rings is 3. The molecule has 0 saturated heterocycles. The average molecular weight is 439 g/mol. The Morgan fingerprint density at radius 2 is 1.79 bits per heavy atom. The summed E-state index contributed by atoms with van der Waals surface area (Å²) in [5.74, 6) is 1.67. The number of hydrogen-bond acceptors (Lipinski definition) is 3. The number of H-pyrrole nitrogens is 1. The molecule has 1 amide bonds. The molecule has 2 N–H and O–H groups in total. The van der Waals surface area contributed by atoms with Gasteiger partial charge in [-0.3, -0.25) is 4.79 Å². The zero-order valence-electron chi connectivity index (χ0n) is 18.8. The van der Waals surface area contributed by atoms with Crippen LogP contribution >= 0.6 is 0 Å². The second kappa shape index (κ2) is 8.82. The molecule has 0 fully saturated rings. The Morgan fingerprint density at radius 1 is 1.03 bits per heavy atom. The van der Waals surface area contributed by atoms with E-state index < -0.39 is 0 Å². The van der Waals surface area contributed by atoms with Gasteiger partial charge in [0.1, 0.15) is 11.6 Å². The third-order valence-electron chi connectivity index (χ3n) is 6.12. The summed E-state index contributed by atoms with van der Waals surface area (Å²) in [7, 11) is 3.64. The van der Waals surface area contributed by atoms with E-state index in [0.29, 0.717) is 19.4 Å². The number of methoxy groups -OCH3 is 1. The fourth-order valence-corrected chi connectivity index (χ4v) is 4.32. The molecule has 5 aromatic rings. The molecule has 0 aliphatic rings. The normalized spacial score (nSPS) is 11.2. The number of aryl methyl sites for hydroxylation is 2. The lowest BCUT2D eigenvalue weighted by Crippen LogP contribution is -2.24. The Labute approximate surface area is 192 Å².